The van der Waals surface area contributed by atoms with Crippen LogP contribution in [0, 0.1) is 5.82 Å². The molecule has 7 heteroatoms. The van der Waals surface area contributed by atoms with Crippen molar-refractivity contribution in [3.8, 4) is 11.3 Å². The average molecular weight is 425 g/mol. The maximum atomic E-state index is 13.6. The largest absolute Gasteiger partial charge is 0.330 e. The number of aryl methyl sites for hydroxylation is 1. The summed E-state index contributed by atoms with van der Waals surface area (Å²) < 4.78 is 15.5. The molecule has 2 aromatic carbocycles. The summed E-state index contributed by atoms with van der Waals surface area (Å²) in [6, 6.07) is 12.3. The second-order valence-corrected chi connectivity index (χ2v) is 8.47. The predicted octanol–water partition coefficient (Wildman–Crippen LogP) is 3.62. The highest BCUT2D eigenvalue weighted by Crippen LogP contribution is 2.32. The summed E-state index contributed by atoms with van der Waals surface area (Å²) in [5.74, 6) is 0.590. The summed E-state index contributed by atoms with van der Waals surface area (Å²) in [6.45, 7) is 0.831. The minimum atomic E-state index is -0.277. The van der Waals surface area contributed by atoms with Gasteiger partial charge in [-0.3, -0.25) is 9.48 Å². The van der Waals surface area contributed by atoms with Crippen LogP contribution in [0.2, 0.25) is 0 Å². The smallest absolute Gasteiger partial charge is 0.254 e. The predicted molar refractivity (Wildman–Crippen MR) is 119 cm³/mol. The Labute approximate surface area is 180 Å². The number of thioether (sulfide) groups is 1. The molecular formula is C23H25FN4OS. The van der Waals surface area contributed by atoms with Crippen LogP contribution in [-0.4, -0.2) is 39.4 Å². The van der Waals surface area contributed by atoms with Crippen LogP contribution in [0.5, 0.6) is 0 Å². The van der Waals surface area contributed by atoms with Crippen LogP contribution in [0.3, 0.4) is 0 Å². The Hall–Kier alpha value is -2.64. The van der Waals surface area contributed by atoms with Gasteiger partial charge in [-0.25, -0.2) is 4.39 Å². The SMILES string of the molecule is CSCc1cnn(C)c1-c1ccc2c(c1)CN([C@H](CN)Cc1cccc(F)c1)C2=O. The molecule has 1 amide bonds. The number of benzene rings is 2. The van der Waals surface area contributed by atoms with Crippen molar-refractivity contribution in [3.63, 3.8) is 0 Å². The minimum absolute atomic E-state index is 0.0160. The molecule has 0 saturated heterocycles. The molecule has 0 unspecified atom stereocenters. The molecule has 1 atom stereocenters. The highest BCUT2D eigenvalue weighted by Gasteiger charge is 2.32. The monoisotopic (exact) mass is 424 g/mol. The zero-order valence-electron chi connectivity index (χ0n) is 17.1. The number of fused-ring (bicyclic) bond motifs is 1. The van der Waals surface area contributed by atoms with E-state index in [0.717, 1.165) is 28.1 Å². The van der Waals surface area contributed by atoms with Crippen molar-refractivity contribution in [2.45, 2.75) is 24.8 Å². The van der Waals surface area contributed by atoms with Crippen molar-refractivity contribution in [2.75, 3.05) is 12.8 Å². The molecular weight excluding hydrogens is 399 g/mol. The molecule has 0 saturated carbocycles. The van der Waals surface area contributed by atoms with Crippen molar-refractivity contribution >= 4 is 17.7 Å². The van der Waals surface area contributed by atoms with Gasteiger partial charge in [-0.2, -0.15) is 16.9 Å². The third kappa shape index (κ3) is 3.87. The van der Waals surface area contributed by atoms with Crippen LogP contribution < -0.4 is 5.73 Å². The highest BCUT2D eigenvalue weighted by molar-refractivity contribution is 7.97. The molecule has 0 aliphatic carbocycles. The summed E-state index contributed by atoms with van der Waals surface area (Å²) >= 11 is 1.76. The van der Waals surface area contributed by atoms with E-state index in [1.165, 1.54) is 17.7 Å². The standard InChI is InChI=1S/C23H25FN4OS/c1-27-22(18(12-26-27)14-30-2)16-6-7-21-17(10-16)13-28(23(21)29)20(11-25)9-15-4-3-5-19(24)8-15/h3-8,10,12,20H,9,11,13-14,25H2,1-2H3/t20-/m0/s1. The van der Waals surface area contributed by atoms with Crippen LogP contribution in [0.4, 0.5) is 4.39 Å². The molecule has 1 aromatic heterocycles. The summed E-state index contributed by atoms with van der Waals surface area (Å²) in [6.07, 6.45) is 4.50. The summed E-state index contributed by atoms with van der Waals surface area (Å²) in [7, 11) is 1.94. The Kier molecular flexibility index (Phi) is 5.92. The number of rotatable bonds is 7. The van der Waals surface area contributed by atoms with Crippen LogP contribution in [0.1, 0.15) is 27.0 Å². The minimum Gasteiger partial charge on any atom is -0.330 e. The molecule has 3 aromatic rings. The lowest BCUT2D eigenvalue weighted by Crippen LogP contribution is -2.42. The quantitative estimate of drug-likeness (QED) is 0.629. The molecule has 2 heterocycles. The molecule has 0 spiro atoms. The van der Waals surface area contributed by atoms with Gasteiger partial charge >= 0.3 is 0 Å². The Morgan fingerprint density at radius 1 is 1.27 bits per heavy atom. The first-order chi connectivity index (χ1) is 14.5. The van der Waals surface area contributed by atoms with Gasteiger partial charge in [0, 0.05) is 48.6 Å². The van der Waals surface area contributed by atoms with E-state index < -0.39 is 0 Å². The van der Waals surface area contributed by atoms with Gasteiger partial charge in [-0.15, -0.1) is 0 Å². The van der Waals surface area contributed by atoms with E-state index >= 15 is 0 Å². The number of carbonyl (C=O) groups excluding carboxylic acids is 1. The molecule has 1 aliphatic heterocycles. The van der Waals surface area contributed by atoms with E-state index in [1.54, 1.807) is 17.8 Å². The number of nitrogens with two attached hydrogens (primary N) is 1. The molecule has 1 aliphatic rings. The fourth-order valence-corrected chi connectivity index (χ4v) is 4.68. The number of hydrogen-bond donors (Lipinski definition) is 1. The third-order valence-electron chi connectivity index (χ3n) is 5.60. The average Bonchev–Trinajstić information content (AvgIpc) is 3.26. The molecule has 4 rings (SSSR count). The molecule has 0 radical (unpaired) electrons. The van der Waals surface area contributed by atoms with Gasteiger partial charge in [0.1, 0.15) is 5.82 Å². The lowest BCUT2D eigenvalue weighted by atomic mass is 10.0. The molecule has 156 valence electrons. The zero-order valence-corrected chi connectivity index (χ0v) is 18.0. The van der Waals surface area contributed by atoms with Crippen molar-refractivity contribution in [1.82, 2.24) is 14.7 Å². The lowest BCUT2D eigenvalue weighted by Gasteiger charge is -2.26. The van der Waals surface area contributed by atoms with Crippen LogP contribution in [0.15, 0.2) is 48.7 Å². The van der Waals surface area contributed by atoms with Crippen LogP contribution in [0.25, 0.3) is 11.3 Å². The summed E-state index contributed by atoms with van der Waals surface area (Å²) in [5, 5.41) is 4.41. The fraction of sp³-hybridized carbons (Fsp3) is 0.304. The Bertz CT molecular complexity index is 1080. The second-order valence-electron chi connectivity index (χ2n) is 7.60. The Morgan fingerprint density at radius 2 is 2.10 bits per heavy atom. The van der Waals surface area contributed by atoms with Crippen molar-refractivity contribution in [2.24, 2.45) is 12.8 Å². The summed E-state index contributed by atoms with van der Waals surface area (Å²) in [4.78, 5) is 14.9. The highest BCUT2D eigenvalue weighted by atomic mass is 32.2. The molecule has 2 N–H and O–H groups in total. The number of hydrogen-bond acceptors (Lipinski definition) is 4. The first kappa shape index (κ1) is 20.6. The first-order valence-electron chi connectivity index (χ1n) is 9.90. The van der Waals surface area contributed by atoms with Gasteiger partial charge in [0.15, 0.2) is 0 Å². The van der Waals surface area contributed by atoms with E-state index in [2.05, 4.69) is 17.4 Å². The number of carbonyl (C=O) groups is 1. The zero-order chi connectivity index (χ0) is 21.3. The van der Waals surface area contributed by atoms with Crippen molar-refractivity contribution in [3.05, 3.63) is 76.7 Å². The van der Waals surface area contributed by atoms with E-state index in [9.17, 15) is 9.18 Å². The van der Waals surface area contributed by atoms with E-state index in [1.807, 2.05) is 41.0 Å². The number of aromatic nitrogens is 2. The first-order valence-corrected chi connectivity index (χ1v) is 11.3. The maximum Gasteiger partial charge on any atom is 0.254 e. The Balaban J connectivity index is 1.60. The lowest BCUT2D eigenvalue weighted by molar-refractivity contribution is 0.0708. The molecule has 0 bridgehead atoms. The van der Waals surface area contributed by atoms with Gasteiger partial charge in [-0.1, -0.05) is 18.2 Å². The van der Waals surface area contributed by atoms with Crippen LogP contribution >= 0.6 is 11.8 Å². The van der Waals surface area contributed by atoms with Gasteiger partial charge < -0.3 is 10.6 Å². The van der Waals surface area contributed by atoms with E-state index in [0.29, 0.717) is 25.1 Å². The molecule has 5 nitrogen and oxygen atoms in total. The molecule has 0 fully saturated rings. The van der Waals surface area contributed by atoms with Gasteiger partial charge in [0.25, 0.3) is 5.91 Å². The number of amides is 1. The maximum absolute atomic E-state index is 13.6. The topological polar surface area (TPSA) is 64.2 Å². The van der Waals surface area contributed by atoms with E-state index in [-0.39, 0.29) is 17.8 Å². The van der Waals surface area contributed by atoms with Crippen LogP contribution in [-0.2, 0) is 25.8 Å². The fourth-order valence-electron chi connectivity index (χ4n) is 4.16. The summed E-state index contributed by atoms with van der Waals surface area (Å²) in [5.41, 5.74) is 11.9. The van der Waals surface area contributed by atoms with Gasteiger partial charge in [0.2, 0.25) is 0 Å². The van der Waals surface area contributed by atoms with Crippen molar-refractivity contribution in [1.29, 1.82) is 0 Å². The van der Waals surface area contributed by atoms with Gasteiger partial charge in [0.05, 0.1) is 11.9 Å². The van der Waals surface area contributed by atoms with Crippen molar-refractivity contribution < 1.29 is 9.18 Å². The second kappa shape index (κ2) is 8.62. The van der Waals surface area contributed by atoms with Gasteiger partial charge in [-0.05, 0) is 48.1 Å². The third-order valence-corrected chi connectivity index (χ3v) is 6.20. The Morgan fingerprint density at radius 3 is 2.83 bits per heavy atom. The van der Waals surface area contributed by atoms with E-state index in [4.69, 9.17) is 5.73 Å². The molecule has 30 heavy (non-hydrogen) atoms. The normalized spacial score (nSPS) is 14.3. The number of halogens is 1. The number of nitrogens with zero attached hydrogens (tertiary/aromatic N) is 3.